The summed E-state index contributed by atoms with van der Waals surface area (Å²) in [6.07, 6.45) is 0.225. The van der Waals surface area contributed by atoms with Crippen LogP contribution >= 0.6 is 0 Å². The van der Waals surface area contributed by atoms with Crippen molar-refractivity contribution in [3.63, 3.8) is 0 Å². The molecule has 0 aliphatic carbocycles. The number of carbonyl (C=O) groups excluding carboxylic acids is 2. The topological polar surface area (TPSA) is 46.6 Å². The highest BCUT2D eigenvalue weighted by Crippen LogP contribution is 2.19. The lowest BCUT2D eigenvalue weighted by Crippen LogP contribution is -2.40. The number of benzene rings is 1. The first-order valence-corrected chi connectivity index (χ1v) is 7.33. The third kappa shape index (κ3) is 5.98. The van der Waals surface area contributed by atoms with Crippen molar-refractivity contribution >= 4 is 11.9 Å². The third-order valence-electron chi connectivity index (χ3n) is 3.04. The molecule has 1 aromatic carbocycles. The number of carbonyl (C=O) groups is 2. The predicted molar refractivity (Wildman–Crippen MR) is 82.6 cm³/mol. The summed E-state index contributed by atoms with van der Waals surface area (Å²) in [7, 11) is 0. The SMILES string of the molecule is CCOC(=O)CCN(Cc1ccccc1)C(=O)C(C)(C)C. The van der Waals surface area contributed by atoms with Crippen molar-refractivity contribution in [3.8, 4) is 0 Å². The summed E-state index contributed by atoms with van der Waals surface area (Å²) in [5, 5.41) is 0. The second-order valence-corrected chi connectivity index (χ2v) is 6.02. The van der Waals surface area contributed by atoms with Gasteiger partial charge in [-0.15, -0.1) is 0 Å². The van der Waals surface area contributed by atoms with Crippen LogP contribution in [0.5, 0.6) is 0 Å². The van der Waals surface area contributed by atoms with Gasteiger partial charge in [0.05, 0.1) is 13.0 Å². The van der Waals surface area contributed by atoms with Crippen LogP contribution in [0.4, 0.5) is 0 Å². The van der Waals surface area contributed by atoms with Gasteiger partial charge in [-0.1, -0.05) is 51.1 Å². The van der Waals surface area contributed by atoms with E-state index in [1.165, 1.54) is 0 Å². The van der Waals surface area contributed by atoms with E-state index in [4.69, 9.17) is 4.74 Å². The Bertz CT molecular complexity index is 463. The van der Waals surface area contributed by atoms with Gasteiger partial charge in [-0.3, -0.25) is 9.59 Å². The van der Waals surface area contributed by atoms with Crippen LogP contribution in [0.2, 0.25) is 0 Å². The van der Waals surface area contributed by atoms with Crippen LogP contribution in [0.15, 0.2) is 30.3 Å². The second kappa shape index (κ2) is 7.81. The van der Waals surface area contributed by atoms with Crippen LogP contribution in [0.25, 0.3) is 0 Å². The fraction of sp³-hybridized carbons (Fsp3) is 0.529. The van der Waals surface area contributed by atoms with E-state index in [0.29, 0.717) is 19.7 Å². The highest BCUT2D eigenvalue weighted by Gasteiger charge is 2.27. The van der Waals surface area contributed by atoms with Gasteiger partial charge in [0.15, 0.2) is 0 Å². The summed E-state index contributed by atoms with van der Waals surface area (Å²) in [5.74, 6) is -0.229. The fourth-order valence-electron chi connectivity index (χ4n) is 1.99. The smallest absolute Gasteiger partial charge is 0.307 e. The van der Waals surface area contributed by atoms with Crippen molar-refractivity contribution in [2.24, 2.45) is 5.41 Å². The minimum Gasteiger partial charge on any atom is -0.466 e. The van der Waals surface area contributed by atoms with Gasteiger partial charge in [0.2, 0.25) is 5.91 Å². The highest BCUT2D eigenvalue weighted by atomic mass is 16.5. The lowest BCUT2D eigenvalue weighted by Gasteiger charge is -2.29. The number of hydrogen-bond acceptors (Lipinski definition) is 3. The van der Waals surface area contributed by atoms with Crippen LogP contribution in [0.3, 0.4) is 0 Å². The highest BCUT2D eigenvalue weighted by molar-refractivity contribution is 5.82. The zero-order valence-corrected chi connectivity index (χ0v) is 13.4. The van der Waals surface area contributed by atoms with E-state index in [-0.39, 0.29) is 18.3 Å². The molecule has 0 N–H and O–H groups in total. The normalized spacial score (nSPS) is 11.0. The molecule has 1 rings (SSSR count). The Kier molecular flexibility index (Phi) is 6.40. The first-order chi connectivity index (χ1) is 9.84. The van der Waals surface area contributed by atoms with Crippen LogP contribution in [0.1, 0.15) is 39.7 Å². The number of rotatable bonds is 6. The summed E-state index contributed by atoms with van der Waals surface area (Å²) in [5.41, 5.74) is 0.586. The Hall–Kier alpha value is -1.84. The fourth-order valence-corrected chi connectivity index (χ4v) is 1.99. The number of amides is 1. The minimum atomic E-state index is -0.469. The van der Waals surface area contributed by atoms with E-state index in [1.807, 2.05) is 51.1 Å². The molecule has 0 saturated heterocycles. The first-order valence-electron chi connectivity index (χ1n) is 7.33. The van der Waals surface area contributed by atoms with Crippen molar-refractivity contribution in [1.29, 1.82) is 0 Å². The molecule has 1 amide bonds. The van der Waals surface area contributed by atoms with E-state index in [2.05, 4.69) is 0 Å². The van der Waals surface area contributed by atoms with Crippen LogP contribution in [-0.2, 0) is 20.9 Å². The lowest BCUT2D eigenvalue weighted by atomic mass is 9.94. The monoisotopic (exact) mass is 291 g/mol. The third-order valence-corrected chi connectivity index (χ3v) is 3.04. The van der Waals surface area contributed by atoms with Crippen LogP contribution in [0, 0.1) is 5.41 Å². The molecular formula is C17H25NO3. The Morgan fingerprint density at radius 2 is 1.76 bits per heavy atom. The maximum absolute atomic E-state index is 12.5. The van der Waals surface area contributed by atoms with Gasteiger partial charge in [-0.25, -0.2) is 0 Å². The maximum Gasteiger partial charge on any atom is 0.307 e. The Balaban J connectivity index is 2.75. The van der Waals surface area contributed by atoms with Crippen molar-refractivity contribution in [3.05, 3.63) is 35.9 Å². The number of nitrogens with zero attached hydrogens (tertiary/aromatic N) is 1. The van der Waals surface area contributed by atoms with Crippen molar-refractivity contribution in [2.45, 2.75) is 40.7 Å². The molecular weight excluding hydrogens is 266 g/mol. The van der Waals surface area contributed by atoms with Gasteiger partial charge >= 0.3 is 5.97 Å². The molecule has 0 aromatic heterocycles. The maximum atomic E-state index is 12.5. The zero-order chi connectivity index (χ0) is 15.9. The summed E-state index contributed by atoms with van der Waals surface area (Å²) in [6, 6.07) is 9.79. The van der Waals surface area contributed by atoms with Crippen LogP contribution in [-0.4, -0.2) is 29.9 Å². The Morgan fingerprint density at radius 1 is 1.14 bits per heavy atom. The van der Waals surface area contributed by atoms with Crippen LogP contribution < -0.4 is 0 Å². The molecule has 0 heterocycles. The molecule has 21 heavy (non-hydrogen) atoms. The van der Waals surface area contributed by atoms with Gasteiger partial charge in [0, 0.05) is 18.5 Å². The average molecular weight is 291 g/mol. The van der Waals surface area contributed by atoms with E-state index < -0.39 is 5.41 Å². The minimum absolute atomic E-state index is 0.0376. The quantitative estimate of drug-likeness (QED) is 0.757. The number of hydrogen-bond donors (Lipinski definition) is 0. The van der Waals surface area contributed by atoms with Crippen molar-refractivity contribution in [2.75, 3.05) is 13.2 Å². The molecule has 1 aromatic rings. The lowest BCUT2D eigenvalue weighted by molar-refractivity contribution is -0.145. The summed E-state index contributed by atoms with van der Waals surface area (Å²) in [6.45, 7) is 8.69. The Labute approximate surface area is 127 Å². The number of ether oxygens (including phenoxy) is 1. The van der Waals surface area contributed by atoms with Crippen molar-refractivity contribution in [1.82, 2.24) is 4.90 Å². The van der Waals surface area contributed by atoms with Gasteiger partial charge in [0.1, 0.15) is 0 Å². The van der Waals surface area contributed by atoms with E-state index in [1.54, 1.807) is 11.8 Å². The second-order valence-electron chi connectivity index (χ2n) is 6.02. The molecule has 4 heteroatoms. The molecule has 116 valence electrons. The molecule has 0 unspecified atom stereocenters. The summed E-state index contributed by atoms with van der Waals surface area (Å²) in [4.78, 5) is 25.8. The number of esters is 1. The molecule has 0 bridgehead atoms. The average Bonchev–Trinajstić information content (AvgIpc) is 2.43. The van der Waals surface area contributed by atoms with E-state index >= 15 is 0 Å². The molecule has 0 fully saturated rings. The van der Waals surface area contributed by atoms with E-state index in [9.17, 15) is 9.59 Å². The molecule has 0 aliphatic rings. The van der Waals surface area contributed by atoms with Crippen molar-refractivity contribution < 1.29 is 14.3 Å². The van der Waals surface area contributed by atoms with Gasteiger partial charge in [-0.2, -0.15) is 0 Å². The van der Waals surface area contributed by atoms with E-state index in [0.717, 1.165) is 5.56 Å². The largest absolute Gasteiger partial charge is 0.466 e. The zero-order valence-electron chi connectivity index (χ0n) is 13.4. The predicted octanol–water partition coefficient (Wildman–Crippen LogP) is 3.01. The molecule has 0 atom stereocenters. The first kappa shape index (κ1) is 17.2. The molecule has 0 radical (unpaired) electrons. The molecule has 0 spiro atoms. The summed E-state index contributed by atoms with van der Waals surface area (Å²) >= 11 is 0. The summed E-state index contributed by atoms with van der Waals surface area (Å²) < 4.78 is 4.93. The molecule has 0 aliphatic heterocycles. The van der Waals surface area contributed by atoms with Gasteiger partial charge in [0.25, 0.3) is 0 Å². The Morgan fingerprint density at radius 3 is 2.29 bits per heavy atom. The van der Waals surface area contributed by atoms with Gasteiger partial charge in [-0.05, 0) is 12.5 Å². The molecule has 0 saturated carbocycles. The standard InChI is InChI=1S/C17H25NO3/c1-5-21-15(19)11-12-18(16(20)17(2,3)4)13-14-9-7-6-8-10-14/h6-10H,5,11-13H2,1-4H3. The van der Waals surface area contributed by atoms with Gasteiger partial charge < -0.3 is 9.64 Å². The molecule has 4 nitrogen and oxygen atoms in total.